The standard InChI is InChI=1S/C54H50N4O4.C41H36N2O5.C13H8F2O/c1-53(2,3)52-36-51-49-10-8-9-11-50(49)54(58(51)55-52,37-12-16-39(17-13-37)56(41-20-28-45(59-4)29-21-41)42-22-30-46(60-5)31-23-42)38-14-18-40(19-15-38)57(43-24-32-47(61-6)33-25-43)44-26-34-48(62-7)35-27-44;1-45-37-21-13-33(14-22-37)42(34-15-23-38(46-2)24-16-34)31-9-5-29(6-10-31)41(44)30-7-11-32(12-8-30)43(35-17-25-39(47-3)26-18-35)36-19-27-40(48-4)28-20-36;14-11-5-1-9(2-6-11)13(16)10-3-7-12(15)8-4-10/h8-36H,1-7H3;5-28H,1-4H3;1-8H. The molecule has 126 heavy (non-hydrogen) atoms. The highest BCUT2D eigenvalue weighted by Gasteiger charge is 2.48. The molecule has 0 radical (unpaired) electrons. The Labute approximate surface area is 733 Å². The lowest BCUT2D eigenvalue weighted by molar-refractivity contribution is 0.103. The van der Waals surface area contributed by atoms with E-state index < -0.39 is 17.2 Å². The van der Waals surface area contributed by atoms with Gasteiger partial charge in [0.25, 0.3) is 0 Å². The first-order chi connectivity index (χ1) is 61.3. The average molecular weight is 1670 g/mol. The van der Waals surface area contributed by atoms with Crippen molar-refractivity contribution in [3.63, 3.8) is 0 Å². The number of carbonyl (C=O) groups is 2. The number of fused-ring (bicyclic) bond motifs is 3. The zero-order valence-electron chi connectivity index (χ0n) is 71.7. The third-order valence-electron chi connectivity index (χ3n) is 22.1. The average Bonchev–Trinajstić information content (AvgIpc) is 1.53. The van der Waals surface area contributed by atoms with E-state index in [-0.39, 0.29) is 17.0 Å². The van der Waals surface area contributed by atoms with E-state index in [0.29, 0.717) is 22.3 Å². The maximum absolute atomic E-state index is 13.7. The number of hydrogen-bond acceptors (Lipinski definition) is 15. The number of aromatic nitrogens is 2. The molecule has 0 N–H and O–H groups in total. The van der Waals surface area contributed by atoms with Crippen LogP contribution in [0.4, 0.5) is 77.0 Å². The van der Waals surface area contributed by atoms with Gasteiger partial charge in [-0.05, 0) is 338 Å². The third-order valence-corrected chi connectivity index (χ3v) is 22.1. The highest BCUT2D eigenvalue weighted by molar-refractivity contribution is 6.10. The van der Waals surface area contributed by atoms with E-state index in [4.69, 9.17) is 43.0 Å². The predicted molar refractivity (Wildman–Crippen MR) is 498 cm³/mol. The Bertz CT molecular complexity index is 5820. The van der Waals surface area contributed by atoms with Gasteiger partial charge in [-0.3, -0.25) is 9.59 Å². The van der Waals surface area contributed by atoms with Crippen LogP contribution in [0.5, 0.6) is 46.0 Å². The lowest BCUT2D eigenvalue weighted by Crippen LogP contribution is -2.36. The number of anilines is 12. The zero-order valence-corrected chi connectivity index (χ0v) is 71.7. The Balaban J connectivity index is 0.000000169. The molecule has 0 amide bonds. The molecule has 17 rings (SSSR count). The number of halogens is 2. The molecule has 1 aromatic heterocycles. The Kier molecular flexibility index (Phi) is 25.8. The highest BCUT2D eigenvalue weighted by atomic mass is 19.1. The summed E-state index contributed by atoms with van der Waals surface area (Å²) in [6.07, 6.45) is 0. The summed E-state index contributed by atoms with van der Waals surface area (Å²) < 4.78 is 71.1. The maximum atomic E-state index is 13.7. The smallest absolute Gasteiger partial charge is 0.193 e. The van der Waals surface area contributed by atoms with E-state index in [1.54, 1.807) is 56.9 Å². The number of rotatable bonds is 26. The van der Waals surface area contributed by atoms with Crippen molar-refractivity contribution in [2.75, 3.05) is 76.5 Å². The van der Waals surface area contributed by atoms with Gasteiger partial charge in [0.05, 0.1) is 68.3 Å². The van der Waals surface area contributed by atoms with Gasteiger partial charge in [0.2, 0.25) is 0 Å². The number of carbonyl (C=O) groups excluding carboxylic acids is 2. The van der Waals surface area contributed by atoms with Crippen LogP contribution in [0.3, 0.4) is 0 Å². The van der Waals surface area contributed by atoms with Gasteiger partial charge in [-0.15, -0.1) is 0 Å². The van der Waals surface area contributed by atoms with Crippen LogP contribution in [0, 0.1) is 11.6 Å². The first-order valence-electron chi connectivity index (χ1n) is 40.9. The Morgan fingerprint density at radius 2 is 0.476 bits per heavy atom. The number of ketones is 2. The van der Waals surface area contributed by atoms with Crippen LogP contribution in [0.2, 0.25) is 0 Å². The summed E-state index contributed by atoms with van der Waals surface area (Å²) in [7, 11) is 13.4. The van der Waals surface area contributed by atoms with Gasteiger partial charge in [0.1, 0.15) is 63.2 Å². The Morgan fingerprint density at radius 3 is 0.690 bits per heavy atom. The van der Waals surface area contributed by atoms with Gasteiger partial charge in [-0.1, -0.05) is 69.3 Å². The van der Waals surface area contributed by atoms with Crippen molar-refractivity contribution >= 4 is 79.8 Å². The van der Waals surface area contributed by atoms with Crippen molar-refractivity contribution in [2.24, 2.45) is 0 Å². The fraction of sp³-hybridized carbons (Fsp3) is 0.120. The summed E-state index contributed by atoms with van der Waals surface area (Å²) in [4.78, 5) is 34.2. The van der Waals surface area contributed by atoms with Crippen LogP contribution in [-0.2, 0) is 11.0 Å². The van der Waals surface area contributed by atoms with E-state index in [1.807, 2.05) is 194 Å². The molecular formula is C108H94F2N6O10. The van der Waals surface area contributed by atoms with Gasteiger partial charge < -0.3 is 57.5 Å². The Morgan fingerprint density at radius 1 is 0.278 bits per heavy atom. The summed E-state index contributed by atoms with van der Waals surface area (Å²) in [5, 5.41) is 5.50. The number of nitrogens with zero attached hydrogens (tertiary/aromatic N) is 6. The molecule has 1 aliphatic heterocycles. The molecule has 0 fully saturated rings. The maximum Gasteiger partial charge on any atom is 0.193 e. The van der Waals surface area contributed by atoms with Gasteiger partial charge in [-0.25, -0.2) is 13.5 Å². The van der Waals surface area contributed by atoms with Gasteiger partial charge in [-0.2, -0.15) is 5.10 Å². The second-order valence-corrected chi connectivity index (χ2v) is 30.6. The summed E-state index contributed by atoms with van der Waals surface area (Å²) in [5.41, 5.74) is 19.3. The minimum Gasteiger partial charge on any atom is -0.497 e. The van der Waals surface area contributed by atoms with Crippen LogP contribution in [-0.4, -0.2) is 78.2 Å². The topological polar surface area (TPSA) is 139 Å². The molecule has 0 unspecified atom stereocenters. The lowest BCUT2D eigenvalue weighted by Gasteiger charge is -2.35. The van der Waals surface area contributed by atoms with E-state index >= 15 is 0 Å². The summed E-state index contributed by atoms with van der Waals surface area (Å²) in [5.74, 6) is 5.20. The molecule has 0 atom stereocenters. The molecule has 16 nitrogen and oxygen atoms in total. The third kappa shape index (κ3) is 18.3. The summed E-state index contributed by atoms with van der Waals surface area (Å²) in [6.45, 7) is 6.67. The van der Waals surface area contributed by atoms with E-state index in [2.05, 4.69) is 172 Å². The van der Waals surface area contributed by atoms with Gasteiger partial charge >= 0.3 is 0 Å². The molecule has 0 saturated carbocycles. The first kappa shape index (κ1) is 85.3. The normalized spacial score (nSPS) is 11.5. The second kappa shape index (κ2) is 38.2. The quantitative estimate of drug-likeness (QED) is 0.0475. The SMILES string of the molecule is COc1ccc(N(c2ccc(OC)cc2)c2ccc(C(=O)c3ccc(N(c4ccc(OC)cc4)c4ccc(OC)cc4)cc3)cc2)cc1.COc1ccc(N(c2ccc(OC)cc2)c2ccc(C3(c4ccc(N(c5ccc(OC)cc5)c5ccc(OC)cc5)cc4)c4ccccc4-c4cc(C(C)(C)C)nn43)cc2)cc1.O=C(c1ccc(F)cc1)c1ccc(F)cc1. The predicted octanol–water partition coefficient (Wildman–Crippen LogP) is 26.1. The van der Waals surface area contributed by atoms with Crippen LogP contribution in [0.1, 0.15) is 75.0 Å². The summed E-state index contributed by atoms with van der Waals surface area (Å²) in [6, 6.07) is 119. The van der Waals surface area contributed by atoms with E-state index in [0.717, 1.165) is 137 Å². The fourth-order valence-electron chi connectivity index (χ4n) is 15.5. The Hall–Kier alpha value is -15.7. The molecule has 16 aromatic rings. The number of benzene rings is 15. The number of methoxy groups -OCH3 is 8. The van der Waals surface area contributed by atoms with Crippen molar-refractivity contribution in [1.29, 1.82) is 0 Å². The number of ether oxygens (including phenoxy) is 8. The molecule has 2 heterocycles. The lowest BCUT2D eigenvalue weighted by atomic mass is 9.77. The van der Waals surface area contributed by atoms with Crippen LogP contribution in [0.25, 0.3) is 11.3 Å². The van der Waals surface area contributed by atoms with Crippen LogP contribution in [0.15, 0.2) is 370 Å². The van der Waals surface area contributed by atoms with Crippen LogP contribution >= 0.6 is 0 Å². The van der Waals surface area contributed by atoms with Gasteiger partial charge in [0.15, 0.2) is 11.6 Å². The molecule has 0 aliphatic carbocycles. The monoisotopic (exact) mass is 1670 g/mol. The minimum absolute atomic E-state index is 0.0611. The molecule has 18 heteroatoms. The van der Waals surface area contributed by atoms with Crippen molar-refractivity contribution in [3.8, 4) is 57.3 Å². The molecule has 1 aliphatic rings. The molecule has 630 valence electrons. The zero-order chi connectivity index (χ0) is 88.0. The van der Waals surface area contributed by atoms with Crippen LogP contribution < -0.4 is 57.5 Å². The van der Waals surface area contributed by atoms with Crippen molar-refractivity contribution < 1.29 is 56.3 Å². The second-order valence-electron chi connectivity index (χ2n) is 30.6. The first-order valence-corrected chi connectivity index (χ1v) is 40.9. The fourth-order valence-corrected chi connectivity index (χ4v) is 15.5. The van der Waals surface area contributed by atoms with Crippen molar-refractivity contribution in [2.45, 2.75) is 31.7 Å². The summed E-state index contributed by atoms with van der Waals surface area (Å²) >= 11 is 0. The molecule has 0 spiro atoms. The molecule has 15 aromatic carbocycles. The van der Waals surface area contributed by atoms with E-state index in [9.17, 15) is 18.4 Å². The molecule has 0 bridgehead atoms. The van der Waals surface area contributed by atoms with Gasteiger partial charge in [0, 0.05) is 101 Å². The molecule has 0 saturated heterocycles. The van der Waals surface area contributed by atoms with E-state index in [1.165, 1.54) is 59.7 Å². The largest absolute Gasteiger partial charge is 0.497 e. The highest BCUT2D eigenvalue weighted by Crippen LogP contribution is 2.54. The molecular weight excluding hydrogens is 1580 g/mol. The number of hydrogen-bond donors (Lipinski definition) is 0. The van der Waals surface area contributed by atoms with Crippen molar-refractivity contribution in [1.82, 2.24) is 9.78 Å². The minimum atomic E-state index is -0.789. The van der Waals surface area contributed by atoms with Crippen molar-refractivity contribution in [3.05, 3.63) is 426 Å².